The number of ether oxygens (including phenoxy) is 4. The van der Waals surface area contributed by atoms with Crippen LogP contribution in [0.1, 0.15) is 0 Å². The van der Waals surface area contributed by atoms with Crippen molar-refractivity contribution in [3.8, 4) is 0 Å². The van der Waals surface area contributed by atoms with Gasteiger partial charge in [-0.3, -0.25) is 0 Å². The molecule has 28 heteroatoms. The van der Waals surface area contributed by atoms with Crippen molar-refractivity contribution in [2.24, 2.45) is 5.41 Å². The Morgan fingerprint density at radius 3 is 0.614 bits per heavy atom. The Balaban J connectivity index is 6.91. The zero-order valence-corrected chi connectivity index (χ0v) is 29.6. The number of carbonyl (C=O) groups is 4. The van der Waals surface area contributed by atoms with Gasteiger partial charge in [-0.25, -0.2) is 19.2 Å². The van der Waals surface area contributed by atoms with E-state index < -0.39 is 180 Å². The van der Waals surface area contributed by atoms with Crippen molar-refractivity contribution in [3.63, 3.8) is 0 Å². The van der Waals surface area contributed by atoms with Gasteiger partial charge in [0.1, 0.15) is 105 Å². The molecular weight excluding hydrogens is 796 g/mol. The lowest BCUT2D eigenvalue weighted by molar-refractivity contribution is -0.194. The molecule has 0 fully saturated rings. The van der Waals surface area contributed by atoms with E-state index in [0.29, 0.717) is 0 Å². The van der Waals surface area contributed by atoms with Gasteiger partial charge in [0.2, 0.25) is 0 Å². The number of esters is 4. The van der Waals surface area contributed by atoms with E-state index in [1.807, 2.05) is 0 Å². The minimum atomic E-state index is -2.81. The van der Waals surface area contributed by atoms with Gasteiger partial charge >= 0.3 is 23.9 Å². The number of hydrogen-bond donors (Lipinski definition) is 20. The summed E-state index contributed by atoms with van der Waals surface area (Å²) < 4.78 is 19.2. The Morgan fingerprint density at radius 1 is 0.316 bits per heavy atom. The quantitative estimate of drug-likeness (QED) is 0.0257. The maximum absolute atomic E-state index is 12.7. The predicted molar refractivity (Wildman–Crippen MR) is 171 cm³/mol. The summed E-state index contributed by atoms with van der Waals surface area (Å²) in [5.41, 5.74) is -2.71. The molecule has 16 atom stereocenters. The van der Waals surface area contributed by atoms with Crippen molar-refractivity contribution in [3.05, 3.63) is 0 Å². The van der Waals surface area contributed by atoms with E-state index in [1.165, 1.54) is 0 Å². The number of rotatable bonds is 28. The zero-order valence-electron chi connectivity index (χ0n) is 29.6. The summed E-state index contributed by atoms with van der Waals surface area (Å²) in [6, 6.07) is 0. The lowest BCUT2D eigenvalue weighted by Crippen LogP contribution is -2.53. The highest BCUT2D eigenvalue weighted by Gasteiger charge is 2.45. The first-order chi connectivity index (χ1) is 26.4. The number of aliphatic hydroxyl groups excluding tert-OH is 20. The monoisotopic (exact) mass is 848 g/mol. The van der Waals surface area contributed by atoms with Gasteiger partial charge in [-0.1, -0.05) is 0 Å². The molecule has 0 radical (unpaired) electrons. The van der Waals surface area contributed by atoms with Crippen LogP contribution in [0.4, 0.5) is 0 Å². The first-order valence-electron chi connectivity index (χ1n) is 16.4. The number of hydrogen-bond acceptors (Lipinski definition) is 28. The molecule has 0 aromatic carbocycles. The fraction of sp³-hybridized carbons (Fsp3) is 0.862. The lowest BCUT2D eigenvalue weighted by Gasteiger charge is -2.34. The average molecular weight is 849 g/mol. The van der Waals surface area contributed by atoms with Crippen LogP contribution in [0.15, 0.2) is 0 Å². The Labute approximate surface area is 320 Å². The third kappa shape index (κ3) is 16.0. The van der Waals surface area contributed by atoms with Crippen LogP contribution < -0.4 is 0 Å². The molecule has 336 valence electrons. The lowest BCUT2D eigenvalue weighted by atomic mass is 9.91. The van der Waals surface area contributed by atoms with Crippen LogP contribution in [0.3, 0.4) is 0 Å². The predicted octanol–water partition coefficient (Wildman–Crippen LogP) is -14.1. The highest BCUT2D eigenvalue weighted by molar-refractivity contribution is 5.77. The molecule has 0 unspecified atom stereocenters. The van der Waals surface area contributed by atoms with Crippen molar-refractivity contribution in [1.29, 1.82) is 0 Å². The van der Waals surface area contributed by atoms with Gasteiger partial charge in [0.25, 0.3) is 0 Å². The molecule has 0 aliphatic rings. The molecule has 57 heavy (non-hydrogen) atoms. The second kappa shape index (κ2) is 25.5. The Morgan fingerprint density at radius 2 is 0.474 bits per heavy atom. The molecule has 0 rings (SSSR count). The van der Waals surface area contributed by atoms with Crippen LogP contribution >= 0.6 is 0 Å². The summed E-state index contributed by atoms with van der Waals surface area (Å²) >= 11 is 0. The van der Waals surface area contributed by atoms with Crippen LogP contribution in [0.2, 0.25) is 0 Å². The molecule has 0 bridgehead atoms. The van der Waals surface area contributed by atoms with E-state index in [-0.39, 0.29) is 0 Å². The highest BCUT2D eigenvalue weighted by atomic mass is 16.6. The SMILES string of the molecule is O=C(OCC(COC(=O)[C@H](O)[C@@H](O)[C@H](O)[C@H](O)CO)(COC(=O)[C@H](O)[C@@H](O)[C@H](O)[C@H](O)CO)COC(=O)[C@H](O)[C@@H](O)[C@H](O)[C@H](O)CO)[C@H](O)[C@@H](O)[C@H](O)[C@H](O)CO. The minimum Gasteiger partial charge on any atom is -0.463 e. The molecule has 0 aliphatic carbocycles. The maximum Gasteiger partial charge on any atom is 0.337 e. The normalized spacial score (nSPS) is 20.7. The molecule has 0 aromatic heterocycles. The van der Waals surface area contributed by atoms with E-state index in [9.17, 15) is 101 Å². The van der Waals surface area contributed by atoms with E-state index >= 15 is 0 Å². The molecule has 0 saturated heterocycles. The molecule has 0 aromatic rings. The van der Waals surface area contributed by atoms with Crippen LogP contribution in [0.25, 0.3) is 0 Å². The van der Waals surface area contributed by atoms with E-state index in [0.717, 1.165) is 0 Å². The largest absolute Gasteiger partial charge is 0.463 e. The van der Waals surface area contributed by atoms with Crippen LogP contribution in [-0.4, -0.2) is 277 Å². The fourth-order valence-corrected chi connectivity index (χ4v) is 4.14. The second-order valence-electron chi connectivity index (χ2n) is 12.6. The summed E-state index contributed by atoms with van der Waals surface area (Å²) in [6.45, 7) is -10.8. The molecule has 0 heterocycles. The topological polar surface area (TPSA) is 510 Å². The van der Waals surface area contributed by atoms with Crippen LogP contribution in [-0.2, 0) is 38.1 Å². The standard InChI is InChI=1S/C29H52O28/c30-1-9(34)13(38)17(42)21(46)25(50)54-5-29(6-55-26(51)22(47)18(43)14(39)10(35)2-31,7-56-27(52)23(48)19(44)15(40)11(36)3-32)8-57-28(53)24(49)20(45)16(41)12(37)4-33/h9-24,30-49H,1-8H2/t9-,10-,11-,12-,13-,14-,15-,16-,17+,18+,19+,20+,21-,22-,23-,24-/m1/s1. The molecule has 0 spiro atoms. The van der Waals surface area contributed by atoms with E-state index in [4.69, 9.17) is 39.4 Å². The molecule has 0 aliphatic heterocycles. The van der Waals surface area contributed by atoms with Gasteiger partial charge in [0, 0.05) is 0 Å². The Kier molecular flexibility index (Phi) is 24.2. The summed E-state index contributed by atoms with van der Waals surface area (Å²) in [7, 11) is 0. The van der Waals surface area contributed by atoms with Crippen LogP contribution in [0.5, 0.6) is 0 Å². The van der Waals surface area contributed by atoms with E-state index in [2.05, 4.69) is 0 Å². The summed E-state index contributed by atoms with van der Waals surface area (Å²) in [5, 5.41) is 194. The van der Waals surface area contributed by atoms with Crippen LogP contribution in [0, 0.1) is 5.41 Å². The van der Waals surface area contributed by atoms with Crippen molar-refractivity contribution in [2.45, 2.75) is 97.7 Å². The van der Waals surface area contributed by atoms with Gasteiger partial charge < -0.3 is 121 Å². The third-order valence-electron chi connectivity index (χ3n) is 8.07. The first kappa shape index (κ1) is 54.1. The minimum absolute atomic E-state index is 1.20. The molecule has 28 nitrogen and oxygen atoms in total. The molecular formula is C29H52O28. The third-order valence-corrected chi connectivity index (χ3v) is 8.07. The highest BCUT2D eigenvalue weighted by Crippen LogP contribution is 2.24. The Hall–Kier alpha value is -2.92. The maximum atomic E-state index is 12.7. The van der Waals surface area contributed by atoms with Gasteiger partial charge in [-0.15, -0.1) is 0 Å². The van der Waals surface area contributed by atoms with Gasteiger partial charge in [0.05, 0.1) is 26.4 Å². The summed E-state index contributed by atoms with van der Waals surface area (Å²) in [6.07, 6.45) is -39.9. The molecule has 20 N–H and O–H groups in total. The average Bonchev–Trinajstić information content (AvgIpc) is 3.23. The number of aliphatic hydroxyl groups is 20. The van der Waals surface area contributed by atoms with Crippen molar-refractivity contribution < 1.29 is 140 Å². The Bertz CT molecular complexity index is 1030. The van der Waals surface area contributed by atoms with Crippen molar-refractivity contribution >= 4 is 23.9 Å². The van der Waals surface area contributed by atoms with Gasteiger partial charge in [0.15, 0.2) is 24.4 Å². The molecule has 0 saturated carbocycles. The van der Waals surface area contributed by atoms with Gasteiger partial charge in [-0.2, -0.15) is 0 Å². The first-order valence-corrected chi connectivity index (χ1v) is 16.4. The van der Waals surface area contributed by atoms with Crippen molar-refractivity contribution in [1.82, 2.24) is 0 Å². The number of carbonyl (C=O) groups excluding carboxylic acids is 4. The molecule has 0 amide bonds. The smallest absolute Gasteiger partial charge is 0.337 e. The zero-order chi connectivity index (χ0) is 44.5. The van der Waals surface area contributed by atoms with E-state index in [1.54, 1.807) is 0 Å². The van der Waals surface area contributed by atoms with Gasteiger partial charge in [-0.05, 0) is 0 Å². The second-order valence-corrected chi connectivity index (χ2v) is 12.6. The summed E-state index contributed by atoms with van der Waals surface area (Å²) in [5.74, 6) is -7.82. The van der Waals surface area contributed by atoms with Crippen molar-refractivity contribution in [2.75, 3.05) is 52.9 Å². The fourth-order valence-electron chi connectivity index (χ4n) is 4.14. The summed E-state index contributed by atoms with van der Waals surface area (Å²) in [4.78, 5) is 50.8.